The number of amides is 4. The maximum atomic E-state index is 13.2. The van der Waals surface area contributed by atoms with Crippen LogP contribution in [0.5, 0.6) is 0 Å². The minimum absolute atomic E-state index is 0.0446. The molecule has 0 atom stereocenters. The van der Waals surface area contributed by atoms with E-state index < -0.39 is 0 Å². The zero-order valence-corrected chi connectivity index (χ0v) is 21.4. The van der Waals surface area contributed by atoms with Crippen LogP contribution >= 0.6 is 0 Å². The van der Waals surface area contributed by atoms with E-state index in [2.05, 4.69) is 11.4 Å². The van der Waals surface area contributed by atoms with Gasteiger partial charge in [-0.15, -0.1) is 0 Å². The maximum Gasteiger partial charge on any atom is 0.409 e. The highest BCUT2D eigenvalue weighted by Crippen LogP contribution is 2.29. The number of piperidine rings is 1. The highest BCUT2D eigenvalue weighted by atomic mass is 16.6. The van der Waals surface area contributed by atoms with Crippen LogP contribution in [0.4, 0.5) is 15.3 Å². The summed E-state index contributed by atoms with van der Waals surface area (Å²) in [4.78, 5) is 43.2. The number of carbonyl (C=O) groups is 3. The molecule has 1 N–H and O–H groups in total. The number of nitriles is 1. The first-order valence-electron chi connectivity index (χ1n) is 12.8. The van der Waals surface area contributed by atoms with Gasteiger partial charge in [0.2, 0.25) is 0 Å². The molecular formula is C28H33N5O4. The zero-order chi connectivity index (χ0) is 26.4. The number of carbonyl (C=O) groups excluding carboxylic acids is 3. The van der Waals surface area contributed by atoms with Gasteiger partial charge in [-0.05, 0) is 68.0 Å². The Labute approximate surface area is 217 Å². The highest BCUT2D eigenvalue weighted by Gasteiger charge is 2.27. The fourth-order valence-corrected chi connectivity index (χ4v) is 4.82. The summed E-state index contributed by atoms with van der Waals surface area (Å²) in [6.07, 6.45) is 1.38. The van der Waals surface area contributed by atoms with Gasteiger partial charge >= 0.3 is 12.1 Å². The monoisotopic (exact) mass is 503 g/mol. The van der Waals surface area contributed by atoms with E-state index >= 15 is 0 Å². The molecule has 0 unspecified atom stereocenters. The van der Waals surface area contributed by atoms with Crippen molar-refractivity contribution in [3.63, 3.8) is 0 Å². The number of ether oxygens (including phenoxy) is 1. The van der Waals surface area contributed by atoms with Gasteiger partial charge in [0.1, 0.15) is 0 Å². The van der Waals surface area contributed by atoms with E-state index in [0.717, 1.165) is 18.4 Å². The molecule has 0 bridgehead atoms. The number of nitrogens with one attached hydrogen (secondary N) is 1. The summed E-state index contributed by atoms with van der Waals surface area (Å²) in [7, 11) is 0. The molecule has 0 saturated carbocycles. The molecule has 2 aromatic carbocycles. The standard InChI is InChI=1S/C28H33N5O4/c1-3-37-28(36)33-16-14-32(15-17-33)27(35)30-25-18-24(7-4-20(25)2)26(34)31-12-10-23(11-13-31)22-8-5-21(19-29)6-9-22/h4-9,18,23H,3,10-17H2,1-2H3,(H,30,35). The van der Waals surface area contributed by atoms with Crippen molar-refractivity contribution in [1.29, 1.82) is 5.26 Å². The quantitative estimate of drug-likeness (QED) is 0.673. The molecule has 2 fully saturated rings. The van der Waals surface area contributed by atoms with Crippen LogP contribution < -0.4 is 5.32 Å². The largest absolute Gasteiger partial charge is 0.450 e. The van der Waals surface area contributed by atoms with Crippen molar-refractivity contribution in [1.82, 2.24) is 14.7 Å². The van der Waals surface area contributed by atoms with Gasteiger partial charge in [0.25, 0.3) is 5.91 Å². The van der Waals surface area contributed by atoms with Crippen molar-refractivity contribution < 1.29 is 19.1 Å². The lowest BCUT2D eigenvalue weighted by Gasteiger charge is -2.34. The molecule has 2 aromatic rings. The second kappa shape index (κ2) is 11.8. The normalized spacial score (nSPS) is 16.2. The Morgan fingerprint density at radius 1 is 0.946 bits per heavy atom. The third-order valence-corrected chi connectivity index (χ3v) is 7.11. The number of piperazine rings is 1. The molecule has 0 aliphatic carbocycles. The van der Waals surface area contributed by atoms with Crippen molar-refractivity contribution in [2.24, 2.45) is 0 Å². The predicted octanol–water partition coefficient (Wildman–Crippen LogP) is 4.19. The molecule has 2 saturated heterocycles. The molecule has 4 rings (SSSR count). The van der Waals surface area contributed by atoms with E-state index in [0.29, 0.717) is 68.6 Å². The molecule has 9 heteroatoms. The third kappa shape index (κ3) is 6.20. The number of hydrogen-bond donors (Lipinski definition) is 1. The Kier molecular flexibility index (Phi) is 8.29. The lowest BCUT2D eigenvalue weighted by molar-refractivity contribution is 0.0713. The Morgan fingerprint density at radius 2 is 1.59 bits per heavy atom. The van der Waals surface area contributed by atoms with E-state index in [4.69, 9.17) is 10.00 Å². The van der Waals surface area contributed by atoms with E-state index in [1.165, 1.54) is 5.56 Å². The predicted molar refractivity (Wildman–Crippen MR) is 139 cm³/mol. The van der Waals surface area contributed by atoms with Crippen LogP contribution in [-0.2, 0) is 4.74 Å². The van der Waals surface area contributed by atoms with E-state index in [1.807, 2.05) is 42.2 Å². The summed E-state index contributed by atoms with van der Waals surface area (Å²) in [5.74, 6) is 0.325. The number of urea groups is 1. The number of rotatable bonds is 4. The summed E-state index contributed by atoms with van der Waals surface area (Å²) < 4.78 is 5.03. The van der Waals surface area contributed by atoms with Crippen LogP contribution in [-0.4, -0.2) is 78.6 Å². The number of hydrogen-bond acceptors (Lipinski definition) is 5. The van der Waals surface area contributed by atoms with Gasteiger partial charge in [0, 0.05) is 50.5 Å². The zero-order valence-electron chi connectivity index (χ0n) is 21.4. The van der Waals surface area contributed by atoms with E-state index in [9.17, 15) is 14.4 Å². The first kappa shape index (κ1) is 26.0. The Bertz CT molecular complexity index is 1170. The summed E-state index contributed by atoms with van der Waals surface area (Å²) in [6.45, 7) is 6.96. The van der Waals surface area contributed by atoms with Crippen molar-refractivity contribution in [3.05, 3.63) is 64.7 Å². The molecule has 2 aliphatic rings. The van der Waals surface area contributed by atoms with E-state index in [1.54, 1.807) is 28.9 Å². The second-order valence-electron chi connectivity index (χ2n) is 9.43. The van der Waals surface area contributed by atoms with Crippen LogP contribution in [0.15, 0.2) is 42.5 Å². The maximum absolute atomic E-state index is 13.2. The van der Waals surface area contributed by atoms with Crippen LogP contribution in [0.25, 0.3) is 0 Å². The summed E-state index contributed by atoms with van der Waals surface area (Å²) in [5, 5.41) is 11.9. The SMILES string of the molecule is CCOC(=O)N1CCN(C(=O)Nc2cc(C(=O)N3CCC(c4ccc(C#N)cc4)CC3)ccc2C)CC1. The lowest BCUT2D eigenvalue weighted by atomic mass is 9.89. The molecule has 2 aliphatic heterocycles. The van der Waals surface area contributed by atoms with E-state index in [-0.39, 0.29) is 18.0 Å². The molecule has 0 aromatic heterocycles. The Morgan fingerprint density at radius 3 is 2.22 bits per heavy atom. The van der Waals surface area contributed by atoms with Crippen molar-refractivity contribution in [3.8, 4) is 6.07 Å². The van der Waals surface area contributed by atoms with Crippen LogP contribution in [0, 0.1) is 18.3 Å². The number of nitrogens with zero attached hydrogens (tertiary/aromatic N) is 4. The number of likely N-dealkylation sites (tertiary alicyclic amines) is 1. The average molecular weight is 504 g/mol. The van der Waals surface area contributed by atoms with Crippen LogP contribution in [0.3, 0.4) is 0 Å². The fraction of sp³-hybridized carbons (Fsp3) is 0.429. The molecule has 9 nitrogen and oxygen atoms in total. The number of benzene rings is 2. The molecule has 4 amide bonds. The molecule has 37 heavy (non-hydrogen) atoms. The Hall–Kier alpha value is -4.06. The number of anilines is 1. The van der Waals surface area contributed by atoms with Crippen molar-refractivity contribution >= 4 is 23.7 Å². The summed E-state index contributed by atoms with van der Waals surface area (Å²) in [5.41, 5.74) is 3.88. The smallest absolute Gasteiger partial charge is 0.409 e. The summed E-state index contributed by atoms with van der Waals surface area (Å²) in [6, 6.07) is 15.0. The molecule has 0 radical (unpaired) electrons. The molecular weight excluding hydrogens is 470 g/mol. The minimum atomic E-state index is -0.356. The topological polar surface area (TPSA) is 106 Å². The van der Waals surface area contributed by atoms with Gasteiger partial charge < -0.3 is 24.8 Å². The molecule has 2 heterocycles. The third-order valence-electron chi connectivity index (χ3n) is 7.11. The van der Waals surface area contributed by atoms with Gasteiger partial charge in [-0.3, -0.25) is 4.79 Å². The second-order valence-corrected chi connectivity index (χ2v) is 9.43. The molecule has 194 valence electrons. The fourth-order valence-electron chi connectivity index (χ4n) is 4.82. The van der Waals surface area contributed by atoms with Crippen molar-refractivity contribution in [2.45, 2.75) is 32.6 Å². The van der Waals surface area contributed by atoms with Gasteiger partial charge in [0.05, 0.1) is 18.2 Å². The van der Waals surface area contributed by atoms with Gasteiger partial charge in [-0.25, -0.2) is 9.59 Å². The van der Waals surface area contributed by atoms with Gasteiger partial charge in [-0.1, -0.05) is 18.2 Å². The van der Waals surface area contributed by atoms with Crippen LogP contribution in [0.1, 0.15) is 52.7 Å². The minimum Gasteiger partial charge on any atom is -0.450 e. The van der Waals surface area contributed by atoms with Crippen molar-refractivity contribution in [2.75, 3.05) is 51.2 Å². The number of aryl methyl sites for hydroxylation is 1. The first-order valence-corrected chi connectivity index (χ1v) is 12.8. The highest BCUT2D eigenvalue weighted by molar-refractivity contribution is 5.97. The van der Waals surface area contributed by atoms with Crippen LogP contribution in [0.2, 0.25) is 0 Å². The summed E-state index contributed by atoms with van der Waals surface area (Å²) >= 11 is 0. The Balaban J connectivity index is 1.33. The lowest BCUT2D eigenvalue weighted by Crippen LogP contribution is -2.51. The van der Waals surface area contributed by atoms with Gasteiger partial charge in [-0.2, -0.15) is 5.26 Å². The van der Waals surface area contributed by atoms with Gasteiger partial charge in [0.15, 0.2) is 0 Å². The average Bonchev–Trinajstić information content (AvgIpc) is 2.94. The first-order chi connectivity index (χ1) is 17.9. The molecule has 0 spiro atoms.